The zero-order valence-electron chi connectivity index (χ0n) is 28.8. The van der Waals surface area contributed by atoms with E-state index in [0.29, 0.717) is 12.8 Å². The smallest absolute Gasteiger partial charge is 0.121 e. The number of rotatable bonds is 10. The topological polar surface area (TPSA) is 65.5 Å². The van der Waals surface area contributed by atoms with Crippen molar-refractivity contribution in [3.63, 3.8) is 0 Å². The second kappa shape index (κ2) is 12.4. The molecule has 0 aromatic heterocycles. The van der Waals surface area contributed by atoms with Crippen LogP contribution in [0.25, 0.3) is 0 Å². The predicted molar refractivity (Wildman–Crippen MR) is 183 cm³/mol. The van der Waals surface area contributed by atoms with Crippen LogP contribution in [0.4, 0.5) is 0 Å². The summed E-state index contributed by atoms with van der Waals surface area (Å²) in [6.07, 6.45) is 32.0. The van der Waals surface area contributed by atoms with Gasteiger partial charge in [0.2, 0.25) is 0 Å². The summed E-state index contributed by atoms with van der Waals surface area (Å²) in [6.45, 7) is 21.4. The van der Waals surface area contributed by atoms with Gasteiger partial charge in [-0.1, -0.05) is 123 Å². The van der Waals surface area contributed by atoms with E-state index in [0.717, 1.165) is 12.8 Å². The quantitative estimate of drug-likeness (QED) is 0.194. The lowest BCUT2D eigenvalue weighted by Gasteiger charge is -2.39. The average molecular weight is 601 g/mol. The van der Waals surface area contributed by atoms with E-state index in [-0.39, 0.29) is 45.4 Å². The van der Waals surface area contributed by atoms with E-state index >= 15 is 0 Å². The lowest BCUT2D eigenvalue weighted by molar-refractivity contribution is 0.0510. The van der Waals surface area contributed by atoms with Gasteiger partial charge in [0, 0.05) is 23.7 Å². The lowest BCUT2D eigenvalue weighted by Crippen LogP contribution is -2.46. The first-order valence-electron chi connectivity index (χ1n) is 16.3. The molecule has 4 rings (SSSR count). The molecular weight excluding hydrogens is 544 g/mol. The van der Waals surface area contributed by atoms with Gasteiger partial charge in [0.1, 0.15) is 22.4 Å². The SMILES string of the molecule is CC(=C/C=C/C=C(C)/C=C/C=C(C)/C=C\[C@@]12O[C@]1(C)C[C@@H](O)CC2(C)C)/C=C/C=C(C)/C=C\[C@@]12O[C@]1(C)C[C@@H](O)CC2(C)C. The third-order valence-electron chi connectivity index (χ3n) is 10.4. The van der Waals surface area contributed by atoms with Crippen molar-refractivity contribution in [1.82, 2.24) is 0 Å². The molecule has 2 saturated heterocycles. The molecule has 0 aromatic rings. The van der Waals surface area contributed by atoms with Crippen LogP contribution in [-0.2, 0) is 9.47 Å². The van der Waals surface area contributed by atoms with Crippen molar-refractivity contribution >= 4 is 0 Å². The molecule has 0 aromatic carbocycles. The third-order valence-corrected chi connectivity index (χ3v) is 10.4. The summed E-state index contributed by atoms with van der Waals surface area (Å²) < 4.78 is 12.5. The fourth-order valence-electron chi connectivity index (χ4n) is 7.99. The maximum absolute atomic E-state index is 10.3. The molecule has 4 nitrogen and oxygen atoms in total. The Hall–Kier alpha value is -2.50. The van der Waals surface area contributed by atoms with Crippen LogP contribution in [0.3, 0.4) is 0 Å². The first-order chi connectivity index (χ1) is 20.4. The second-order valence-corrected chi connectivity index (χ2v) is 15.4. The summed E-state index contributed by atoms with van der Waals surface area (Å²) in [6, 6.07) is 0. The van der Waals surface area contributed by atoms with Crippen molar-refractivity contribution < 1.29 is 19.7 Å². The van der Waals surface area contributed by atoms with Gasteiger partial charge >= 0.3 is 0 Å². The number of epoxide rings is 2. The molecule has 0 bridgehead atoms. The highest BCUT2D eigenvalue weighted by molar-refractivity contribution is 5.38. The van der Waals surface area contributed by atoms with Gasteiger partial charge in [-0.25, -0.2) is 0 Å². The predicted octanol–water partition coefficient (Wildman–Crippen LogP) is 8.97. The second-order valence-electron chi connectivity index (χ2n) is 15.4. The number of allylic oxidation sites excluding steroid dienone is 16. The average Bonchev–Trinajstić information content (AvgIpc) is 3.73. The highest BCUT2D eigenvalue weighted by atomic mass is 16.6. The molecule has 44 heavy (non-hydrogen) atoms. The monoisotopic (exact) mass is 600 g/mol. The van der Waals surface area contributed by atoms with Gasteiger partial charge in [-0.15, -0.1) is 0 Å². The maximum Gasteiger partial charge on any atom is 0.121 e. The van der Waals surface area contributed by atoms with Crippen molar-refractivity contribution in [1.29, 1.82) is 0 Å². The summed E-state index contributed by atoms with van der Waals surface area (Å²) in [5.74, 6) is 0. The zero-order valence-corrected chi connectivity index (χ0v) is 28.8. The van der Waals surface area contributed by atoms with Gasteiger partial charge in [-0.3, -0.25) is 0 Å². The molecule has 2 N–H and O–H groups in total. The molecule has 0 radical (unpaired) electrons. The molecule has 2 aliphatic carbocycles. The van der Waals surface area contributed by atoms with Crippen LogP contribution >= 0.6 is 0 Å². The number of aliphatic hydroxyl groups excluding tert-OH is 2. The minimum Gasteiger partial charge on any atom is -0.393 e. The molecule has 0 unspecified atom stereocenters. The largest absolute Gasteiger partial charge is 0.393 e. The highest BCUT2D eigenvalue weighted by Crippen LogP contribution is 2.67. The lowest BCUT2D eigenvalue weighted by atomic mass is 9.63. The Bertz CT molecular complexity index is 1270. The summed E-state index contributed by atoms with van der Waals surface area (Å²) in [5.41, 5.74) is 3.36. The highest BCUT2D eigenvalue weighted by Gasteiger charge is 2.75. The van der Waals surface area contributed by atoms with Crippen molar-refractivity contribution in [3.05, 3.63) is 107 Å². The molecule has 2 saturated carbocycles. The number of hydrogen-bond acceptors (Lipinski definition) is 4. The Labute approximate surface area is 267 Å². The first kappa shape index (κ1) is 34.4. The maximum atomic E-state index is 10.3. The summed E-state index contributed by atoms with van der Waals surface area (Å²) >= 11 is 0. The Kier molecular flexibility index (Phi) is 9.66. The van der Waals surface area contributed by atoms with Crippen molar-refractivity contribution in [2.45, 2.75) is 130 Å². The van der Waals surface area contributed by atoms with Crippen LogP contribution in [0.5, 0.6) is 0 Å². The van der Waals surface area contributed by atoms with Crippen molar-refractivity contribution in [2.24, 2.45) is 10.8 Å². The van der Waals surface area contributed by atoms with E-state index in [1.54, 1.807) is 0 Å². The van der Waals surface area contributed by atoms with E-state index in [4.69, 9.17) is 9.47 Å². The Morgan fingerprint density at radius 3 is 1.16 bits per heavy atom. The van der Waals surface area contributed by atoms with E-state index < -0.39 is 0 Å². The van der Waals surface area contributed by atoms with Gasteiger partial charge in [0.25, 0.3) is 0 Å². The molecule has 2 heterocycles. The van der Waals surface area contributed by atoms with Gasteiger partial charge in [-0.05, 0) is 66.5 Å². The van der Waals surface area contributed by atoms with E-state index in [1.807, 2.05) is 0 Å². The van der Waals surface area contributed by atoms with Crippen LogP contribution in [0.15, 0.2) is 107 Å². The molecular formula is C40H56O4. The van der Waals surface area contributed by atoms with Gasteiger partial charge < -0.3 is 19.7 Å². The van der Waals surface area contributed by atoms with Crippen LogP contribution in [0.2, 0.25) is 0 Å². The minimum atomic E-state index is -0.294. The normalized spacial score (nSPS) is 39.2. The molecule has 4 heteroatoms. The molecule has 2 aliphatic heterocycles. The molecule has 4 aliphatic rings. The first-order valence-corrected chi connectivity index (χ1v) is 16.3. The molecule has 0 spiro atoms. The van der Waals surface area contributed by atoms with Crippen molar-refractivity contribution in [2.75, 3.05) is 0 Å². The van der Waals surface area contributed by atoms with Crippen LogP contribution in [0, 0.1) is 10.8 Å². The van der Waals surface area contributed by atoms with Crippen LogP contribution in [0.1, 0.15) is 94.9 Å². The molecule has 6 atom stereocenters. The summed E-state index contributed by atoms with van der Waals surface area (Å²) in [7, 11) is 0. The number of aliphatic hydroxyl groups is 2. The minimum absolute atomic E-state index is 0.0969. The number of fused-ring (bicyclic) bond motifs is 2. The summed E-state index contributed by atoms with van der Waals surface area (Å²) in [5, 5.41) is 20.5. The zero-order chi connectivity index (χ0) is 32.6. The fourth-order valence-corrected chi connectivity index (χ4v) is 7.99. The Morgan fingerprint density at radius 2 is 0.818 bits per heavy atom. The Balaban J connectivity index is 1.25. The van der Waals surface area contributed by atoms with E-state index in [9.17, 15) is 10.2 Å². The standard InChI is InChI=1S/C40H56O4/c1-29(17-13-19-31(3)21-23-39-35(5,6)25-33(41)27-37(39,9)43-39)15-11-12-16-30(2)18-14-20-32(4)22-24-40-36(7,8)26-34(42)28-38(40,10)44-40/h11-24,33-34,41-42H,25-28H2,1-10H3/b12-11+,17-13+,18-14+,23-21-,24-22-,29-15-,30-16+,31-19+,32-20+/t33-,34-,37+,38+,39-,40-/m0/s1. The molecule has 240 valence electrons. The third kappa shape index (κ3) is 6.84. The van der Waals surface area contributed by atoms with Gasteiger partial charge in [0.15, 0.2) is 0 Å². The summed E-state index contributed by atoms with van der Waals surface area (Å²) in [4.78, 5) is 0. The van der Waals surface area contributed by atoms with Gasteiger partial charge in [-0.2, -0.15) is 0 Å². The number of hydrogen-bond donors (Lipinski definition) is 2. The van der Waals surface area contributed by atoms with E-state index in [1.165, 1.54) is 22.3 Å². The van der Waals surface area contributed by atoms with Crippen LogP contribution < -0.4 is 0 Å². The fraction of sp³-hybridized carbons (Fsp3) is 0.550. The van der Waals surface area contributed by atoms with Gasteiger partial charge in [0.05, 0.1) is 12.2 Å². The number of ether oxygens (including phenoxy) is 2. The van der Waals surface area contributed by atoms with Crippen molar-refractivity contribution in [3.8, 4) is 0 Å². The van der Waals surface area contributed by atoms with E-state index in [2.05, 4.69) is 154 Å². The molecule has 0 amide bonds. The van der Waals surface area contributed by atoms with Crippen LogP contribution in [-0.4, -0.2) is 44.8 Å². The Morgan fingerprint density at radius 1 is 0.500 bits per heavy atom. The molecule has 4 fully saturated rings.